The van der Waals surface area contributed by atoms with Crippen LogP contribution in [0.15, 0.2) is 153 Å². The first-order valence-corrected chi connectivity index (χ1v) is 17.0. The SMILES string of the molecule is C=CCc1ccc(OCCCC[P+](c2ccccc2)(c2ccccc2)c2ccccc2)c(-c2ccc(O)c(CC=C)c2)c1. The second kappa shape index (κ2) is 14.7. The number of hydrogen-bond acceptors (Lipinski definition) is 2. The van der Waals surface area contributed by atoms with Gasteiger partial charge in [0.1, 0.15) is 34.7 Å². The van der Waals surface area contributed by atoms with E-state index in [4.69, 9.17) is 4.74 Å². The molecule has 5 rings (SSSR count). The quantitative estimate of drug-likeness (QED) is 0.0805. The summed E-state index contributed by atoms with van der Waals surface area (Å²) < 4.78 is 6.49. The van der Waals surface area contributed by atoms with E-state index >= 15 is 0 Å². The number of phenols is 1. The van der Waals surface area contributed by atoms with Crippen molar-refractivity contribution >= 4 is 23.2 Å². The van der Waals surface area contributed by atoms with Crippen molar-refractivity contribution in [1.82, 2.24) is 0 Å². The zero-order valence-corrected chi connectivity index (χ0v) is 25.6. The third kappa shape index (κ3) is 6.99. The van der Waals surface area contributed by atoms with Crippen LogP contribution in [0.25, 0.3) is 11.1 Å². The van der Waals surface area contributed by atoms with E-state index in [1.54, 1.807) is 6.07 Å². The van der Waals surface area contributed by atoms with Gasteiger partial charge < -0.3 is 9.84 Å². The Balaban J connectivity index is 1.38. The Bertz CT molecular complexity index is 1530. The smallest absolute Gasteiger partial charge is 0.127 e. The zero-order valence-electron chi connectivity index (χ0n) is 24.7. The van der Waals surface area contributed by atoms with Crippen molar-refractivity contribution in [2.75, 3.05) is 12.8 Å². The van der Waals surface area contributed by atoms with Gasteiger partial charge in [-0.2, -0.15) is 0 Å². The summed E-state index contributed by atoms with van der Waals surface area (Å²) in [7, 11) is -1.85. The van der Waals surface area contributed by atoms with Crippen molar-refractivity contribution in [2.24, 2.45) is 0 Å². The van der Waals surface area contributed by atoms with Crippen LogP contribution in [-0.2, 0) is 12.8 Å². The van der Waals surface area contributed by atoms with Crippen molar-refractivity contribution in [1.29, 1.82) is 0 Å². The molecule has 5 aromatic carbocycles. The molecule has 0 radical (unpaired) electrons. The maximum atomic E-state index is 10.3. The largest absolute Gasteiger partial charge is 0.508 e. The predicted octanol–water partition coefficient (Wildman–Crippen LogP) is 8.67. The van der Waals surface area contributed by atoms with Gasteiger partial charge in [-0.3, -0.25) is 0 Å². The van der Waals surface area contributed by atoms with Crippen LogP contribution >= 0.6 is 7.26 Å². The van der Waals surface area contributed by atoms with E-state index in [0.717, 1.165) is 47.9 Å². The lowest BCUT2D eigenvalue weighted by Gasteiger charge is -2.27. The third-order valence-corrected chi connectivity index (χ3v) is 12.4. The number of benzene rings is 5. The molecular formula is C40H40O2P+. The van der Waals surface area contributed by atoms with Gasteiger partial charge in [0, 0.05) is 5.56 Å². The molecule has 1 N–H and O–H groups in total. The topological polar surface area (TPSA) is 29.5 Å². The molecule has 2 nitrogen and oxygen atoms in total. The van der Waals surface area contributed by atoms with Crippen LogP contribution < -0.4 is 20.7 Å². The Morgan fingerprint density at radius 2 is 1.21 bits per heavy atom. The van der Waals surface area contributed by atoms with Crippen molar-refractivity contribution in [3.05, 3.63) is 164 Å². The number of hydrogen-bond donors (Lipinski definition) is 1. The molecule has 0 fully saturated rings. The molecule has 0 bridgehead atoms. The maximum Gasteiger partial charge on any atom is 0.127 e. The summed E-state index contributed by atoms with van der Waals surface area (Å²) in [5.41, 5.74) is 4.09. The highest BCUT2D eigenvalue weighted by Gasteiger charge is 2.44. The average molecular weight is 584 g/mol. The number of aromatic hydroxyl groups is 1. The molecule has 43 heavy (non-hydrogen) atoms. The number of ether oxygens (including phenoxy) is 1. The summed E-state index contributed by atoms with van der Waals surface area (Å²) in [6.45, 7) is 8.39. The van der Waals surface area contributed by atoms with Gasteiger partial charge in [-0.1, -0.05) is 78.9 Å². The van der Waals surface area contributed by atoms with Crippen molar-refractivity contribution in [2.45, 2.75) is 25.7 Å². The highest BCUT2D eigenvalue weighted by Crippen LogP contribution is 2.55. The monoisotopic (exact) mass is 583 g/mol. The highest BCUT2D eigenvalue weighted by atomic mass is 31.2. The summed E-state index contributed by atoms with van der Waals surface area (Å²) in [5.74, 6) is 1.15. The van der Waals surface area contributed by atoms with Crippen molar-refractivity contribution in [3.8, 4) is 22.6 Å². The Kier molecular flexibility index (Phi) is 10.3. The molecule has 0 saturated heterocycles. The fourth-order valence-electron chi connectivity index (χ4n) is 5.81. The van der Waals surface area contributed by atoms with Gasteiger partial charge in [0.05, 0.1) is 12.8 Å². The molecule has 0 heterocycles. The number of unbranched alkanes of at least 4 members (excludes halogenated alkanes) is 1. The van der Waals surface area contributed by atoms with Gasteiger partial charge in [-0.05, 0) is 103 Å². The van der Waals surface area contributed by atoms with Gasteiger partial charge in [0.2, 0.25) is 0 Å². The minimum atomic E-state index is -1.85. The summed E-state index contributed by atoms with van der Waals surface area (Å²) >= 11 is 0. The molecule has 0 aliphatic heterocycles. The molecule has 0 spiro atoms. The van der Waals surface area contributed by atoms with Gasteiger partial charge >= 0.3 is 0 Å². The van der Waals surface area contributed by atoms with Gasteiger partial charge in [-0.15, -0.1) is 13.2 Å². The molecule has 0 atom stereocenters. The summed E-state index contributed by atoms with van der Waals surface area (Å²) in [4.78, 5) is 0. The lowest BCUT2D eigenvalue weighted by Crippen LogP contribution is -2.33. The van der Waals surface area contributed by atoms with Gasteiger partial charge in [0.15, 0.2) is 0 Å². The lowest BCUT2D eigenvalue weighted by atomic mass is 9.97. The minimum Gasteiger partial charge on any atom is -0.508 e. The van der Waals surface area contributed by atoms with Crippen LogP contribution in [0, 0.1) is 0 Å². The van der Waals surface area contributed by atoms with Crippen LogP contribution in [0.1, 0.15) is 24.0 Å². The first kappa shape index (κ1) is 30.1. The van der Waals surface area contributed by atoms with E-state index in [0.29, 0.717) is 13.0 Å². The summed E-state index contributed by atoms with van der Waals surface area (Å²) in [6, 6.07) is 45.3. The minimum absolute atomic E-state index is 0.287. The standard InChI is InChI=1S/C40H39O2P/c1-3-16-32-24-27-40(38(30-32)33-25-26-39(41)34(31-33)17-4-2)42-28-14-15-29-43(35-18-8-5-9-19-35,36-20-10-6-11-21-36)37-22-12-7-13-23-37/h3-13,18-27,30-31H,1-2,14-17,28-29H2/p+1. The summed E-state index contributed by atoms with van der Waals surface area (Å²) in [6.07, 6.45) is 8.18. The molecule has 0 aliphatic rings. The fraction of sp³-hybridized carbons (Fsp3) is 0.150. The molecule has 5 aromatic rings. The second-order valence-electron chi connectivity index (χ2n) is 10.8. The maximum absolute atomic E-state index is 10.3. The highest BCUT2D eigenvalue weighted by molar-refractivity contribution is 7.95. The Morgan fingerprint density at radius 1 is 0.628 bits per heavy atom. The number of rotatable bonds is 14. The van der Waals surface area contributed by atoms with Gasteiger partial charge in [-0.25, -0.2) is 0 Å². The fourth-order valence-corrected chi connectivity index (χ4v) is 10.2. The first-order valence-electron chi connectivity index (χ1n) is 15.0. The van der Waals surface area contributed by atoms with Crippen molar-refractivity contribution < 1.29 is 9.84 Å². The molecule has 0 aliphatic carbocycles. The van der Waals surface area contributed by atoms with Gasteiger partial charge in [0.25, 0.3) is 0 Å². The predicted molar refractivity (Wildman–Crippen MR) is 186 cm³/mol. The van der Waals surface area contributed by atoms with Crippen LogP contribution in [-0.4, -0.2) is 17.9 Å². The van der Waals surface area contributed by atoms with E-state index in [1.807, 2.05) is 24.3 Å². The second-order valence-corrected chi connectivity index (χ2v) is 14.4. The number of phenolic OH excluding ortho intramolecular Hbond substituents is 1. The van der Waals surface area contributed by atoms with Crippen LogP contribution in [0.5, 0.6) is 11.5 Å². The first-order chi connectivity index (χ1) is 21.2. The number of allylic oxidation sites excluding steroid dienone is 2. The Labute approximate surface area is 257 Å². The average Bonchev–Trinajstić information content (AvgIpc) is 3.06. The normalized spacial score (nSPS) is 11.2. The Morgan fingerprint density at radius 3 is 1.77 bits per heavy atom. The van der Waals surface area contributed by atoms with E-state index in [1.165, 1.54) is 21.5 Å². The molecule has 0 amide bonds. The molecule has 216 valence electrons. The molecule has 0 saturated carbocycles. The van der Waals surface area contributed by atoms with Crippen LogP contribution in [0.2, 0.25) is 0 Å². The van der Waals surface area contributed by atoms with E-state index in [2.05, 4.69) is 122 Å². The molecule has 3 heteroatoms. The molecule has 0 unspecified atom stereocenters. The molecule has 0 aromatic heterocycles. The van der Waals surface area contributed by atoms with Crippen LogP contribution in [0.4, 0.5) is 0 Å². The Hall–Kier alpha value is -4.39. The lowest BCUT2D eigenvalue weighted by molar-refractivity contribution is 0.311. The van der Waals surface area contributed by atoms with E-state index < -0.39 is 7.26 Å². The van der Waals surface area contributed by atoms with Crippen LogP contribution in [0.3, 0.4) is 0 Å². The third-order valence-electron chi connectivity index (χ3n) is 7.92. The summed E-state index contributed by atoms with van der Waals surface area (Å²) in [5, 5.41) is 14.6. The zero-order chi connectivity index (χ0) is 29.9. The van der Waals surface area contributed by atoms with E-state index in [-0.39, 0.29) is 5.75 Å². The van der Waals surface area contributed by atoms with Crippen molar-refractivity contribution in [3.63, 3.8) is 0 Å². The molecular weight excluding hydrogens is 543 g/mol. The van der Waals surface area contributed by atoms with E-state index in [9.17, 15) is 5.11 Å².